The van der Waals surface area contributed by atoms with Gasteiger partial charge < -0.3 is 20.1 Å². The van der Waals surface area contributed by atoms with Gasteiger partial charge in [0, 0.05) is 6.54 Å². The van der Waals surface area contributed by atoms with Crippen molar-refractivity contribution in [1.82, 2.24) is 9.97 Å². The lowest BCUT2D eigenvalue weighted by atomic mass is 10.2. The number of aromatic amines is 1. The second kappa shape index (κ2) is 6.10. The largest absolute Gasteiger partial charge is 0.494 e. The smallest absolute Gasteiger partial charge is 0.278 e. The first-order valence-corrected chi connectivity index (χ1v) is 6.35. The van der Waals surface area contributed by atoms with E-state index in [1.165, 1.54) is 0 Å². The molecule has 1 heterocycles. The van der Waals surface area contributed by atoms with E-state index in [9.17, 15) is 9.90 Å². The van der Waals surface area contributed by atoms with E-state index in [0.717, 1.165) is 11.3 Å². The third-order valence-electron chi connectivity index (χ3n) is 2.72. The van der Waals surface area contributed by atoms with Crippen LogP contribution in [0.3, 0.4) is 0 Å². The predicted octanol–water partition coefficient (Wildman–Crippen LogP) is 1.79. The Morgan fingerprint density at radius 3 is 2.65 bits per heavy atom. The van der Waals surface area contributed by atoms with Crippen LogP contribution in [0.5, 0.6) is 11.6 Å². The van der Waals surface area contributed by atoms with Crippen LogP contribution in [0.2, 0.25) is 0 Å². The molecule has 0 spiro atoms. The van der Waals surface area contributed by atoms with E-state index in [1.54, 1.807) is 6.92 Å². The first kappa shape index (κ1) is 13.9. The monoisotopic (exact) mass is 275 g/mol. The molecule has 0 aliphatic rings. The number of aryl methyl sites for hydroxylation is 1. The van der Waals surface area contributed by atoms with E-state index in [-0.39, 0.29) is 17.1 Å². The minimum atomic E-state index is -0.388. The topological polar surface area (TPSA) is 87.2 Å². The number of ether oxygens (including phenoxy) is 1. The summed E-state index contributed by atoms with van der Waals surface area (Å²) in [5, 5.41) is 12.5. The Balaban J connectivity index is 2.07. The molecular weight excluding hydrogens is 258 g/mol. The van der Waals surface area contributed by atoms with Gasteiger partial charge in [0.2, 0.25) is 5.88 Å². The molecule has 2 rings (SSSR count). The summed E-state index contributed by atoms with van der Waals surface area (Å²) in [5.74, 6) is 0.880. The second-order valence-electron chi connectivity index (χ2n) is 4.28. The average molecular weight is 275 g/mol. The van der Waals surface area contributed by atoms with Crippen molar-refractivity contribution in [1.29, 1.82) is 0 Å². The van der Waals surface area contributed by atoms with Gasteiger partial charge in [-0.15, -0.1) is 0 Å². The maximum Gasteiger partial charge on any atom is 0.278 e. The molecule has 2 aromatic rings. The van der Waals surface area contributed by atoms with Crippen LogP contribution >= 0.6 is 0 Å². The van der Waals surface area contributed by atoms with Crippen molar-refractivity contribution in [3.05, 3.63) is 46.0 Å². The summed E-state index contributed by atoms with van der Waals surface area (Å²) in [4.78, 5) is 18.0. The second-order valence-corrected chi connectivity index (χ2v) is 4.28. The quantitative estimate of drug-likeness (QED) is 0.774. The molecule has 0 amide bonds. The Morgan fingerprint density at radius 2 is 2.05 bits per heavy atom. The van der Waals surface area contributed by atoms with Crippen molar-refractivity contribution in [2.45, 2.75) is 20.4 Å². The molecule has 0 aliphatic heterocycles. The Kier molecular flexibility index (Phi) is 4.24. The van der Waals surface area contributed by atoms with Gasteiger partial charge in [-0.3, -0.25) is 4.79 Å². The van der Waals surface area contributed by atoms with Crippen molar-refractivity contribution >= 4 is 5.69 Å². The predicted molar refractivity (Wildman–Crippen MR) is 76.2 cm³/mol. The summed E-state index contributed by atoms with van der Waals surface area (Å²) in [6.45, 7) is 4.57. The van der Waals surface area contributed by atoms with Gasteiger partial charge in [0.25, 0.3) is 5.56 Å². The van der Waals surface area contributed by atoms with Gasteiger partial charge >= 0.3 is 0 Å². The maximum absolute atomic E-state index is 11.7. The average Bonchev–Trinajstić information content (AvgIpc) is 2.39. The van der Waals surface area contributed by atoms with Gasteiger partial charge in [0.05, 0.1) is 6.61 Å². The zero-order valence-electron chi connectivity index (χ0n) is 11.4. The highest BCUT2D eigenvalue weighted by Crippen LogP contribution is 2.16. The van der Waals surface area contributed by atoms with E-state index in [0.29, 0.717) is 19.0 Å². The highest BCUT2D eigenvalue weighted by Gasteiger charge is 2.08. The molecule has 0 aliphatic carbocycles. The van der Waals surface area contributed by atoms with E-state index in [4.69, 9.17) is 4.74 Å². The number of nitrogens with one attached hydrogen (secondary N) is 2. The van der Waals surface area contributed by atoms with E-state index >= 15 is 0 Å². The van der Waals surface area contributed by atoms with E-state index in [2.05, 4.69) is 15.3 Å². The summed E-state index contributed by atoms with van der Waals surface area (Å²) in [5.41, 5.74) is 0.651. The normalized spacial score (nSPS) is 10.3. The zero-order chi connectivity index (χ0) is 14.5. The van der Waals surface area contributed by atoms with Crippen LogP contribution in [0.15, 0.2) is 29.1 Å². The van der Waals surface area contributed by atoms with Crippen molar-refractivity contribution in [2.75, 3.05) is 11.9 Å². The molecule has 0 saturated carbocycles. The van der Waals surface area contributed by atoms with Crippen molar-refractivity contribution in [2.24, 2.45) is 0 Å². The van der Waals surface area contributed by atoms with Crippen LogP contribution in [-0.4, -0.2) is 21.7 Å². The summed E-state index contributed by atoms with van der Waals surface area (Å²) in [6, 6.07) is 7.51. The van der Waals surface area contributed by atoms with Gasteiger partial charge in [0.1, 0.15) is 11.6 Å². The molecule has 1 aromatic carbocycles. The fraction of sp³-hybridized carbons (Fsp3) is 0.286. The van der Waals surface area contributed by atoms with Crippen LogP contribution in [-0.2, 0) is 6.54 Å². The standard InChI is InChI=1S/C14H17N3O3/c1-3-20-11-6-4-10(5-7-11)8-15-12-13(18)16-9(2)17-14(12)19/h4-7,15H,3,8H2,1-2H3,(H2,16,17,18,19). The van der Waals surface area contributed by atoms with Gasteiger partial charge in [-0.05, 0) is 31.5 Å². The third kappa shape index (κ3) is 3.28. The van der Waals surface area contributed by atoms with Crippen molar-refractivity contribution in [3.63, 3.8) is 0 Å². The number of benzene rings is 1. The highest BCUT2D eigenvalue weighted by atomic mass is 16.5. The van der Waals surface area contributed by atoms with Gasteiger partial charge in [-0.25, -0.2) is 0 Å². The van der Waals surface area contributed by atoms with Crippen molar-refractivity contribution in [3.8, 4) is 11.6 Å². The Bertz CT molecular complexity index is 635. The number of anilines is 1. The Labute approximate surface area is 116 Å². The molecule has 20 heavy (non-hydrogen) atoms. The molecule has 3 N–H and O–H groups in total. The molecule has 0 fully saturated rings. The first-order chi connectivity index (χ1) is 9.60. The minimum Gasteiger partial charge on any atom is -0.494 e. The SMILES string of the molecule is CCOc1ccc(CNc2c(O)nc(C)[nH]c2=O)cc1. The fourth-order valence-corrected chi connectivity index (χ4v) is 1.79. The van der Waals surface area contributed by atoms with Gasteiger partial charge in [0.15, 0.2) is 5.69 Å². The van der Waals surface area contributed by atoms with Crippen LogP contribution in [0.1, 0.15) is 18.3 Å². The molecule has 1 aromatic heterocycles. The molecule has 0 saturated heterocycles. The molecule has 106 valence electrons. The molecule has 0 bridgehead atoms. The number of rotatable bonds is 5. The first-order valence-electron chi connectivity index (χ1n) is 6.35. The summed E-state index contributed by atoms with van der Waals surface area (Å²) in [6.07, 6.45) is 0. The third-order valence-corrected chi connectivity index (χ3v) is 2.72. The molecule has 0 atom stereocenters. The number of aromatic hydroxyl groups is 1. The zero-order valence-corrected chi connectivity index (χ0v) is 11.4. The number of H-pyrrole nitrogens is 1. The number of nitrogens with zero attached hydrogens (tertiary/aromatic N) is 1. The summed E-state index contributed by atoms with van der Waals surface area (Å²) < 4.78 is 5.35. The van der Waals surface area contributed by atoms with Gasteiger partial charge in [-0.1, -0.05) is 12.1 Å². The lowest BCUT2D eigenvalue weighted by molar-refractivity contribution is 0.340. The lowest BCUT2D eigenvalue weighted by Crippen LogP contribution is -2.16. The summed E-state index contributed by atoms with van der Waals surface area (Å²) in [7, 11) is 0. The van der Waals surface area contributed by atoms with Crippen LogP contribution in [0.25, 0.3) is 0 Å². The fourth-order valence-electron chi connectivity index (χ4n) is 1.79. The van der Waals surface area contributed by atoms with Crippen LogP contribution in [0, 0.1) is 6.92 Å². The number of hydrogen-bond acceptors (Lipinski definition) is 5. The number of hydrogen-bond donors (Lipinski definition) is 3. The molecule has 0 unspecified atom stereocenters. The molecular formula is C14H17N3O3. The van der Waals surface area contributed by atoms with Gasteiger partial charge in [-0.2, -0.15) is 4.98 Å². The van der Waals surface area contributed by atoms with E-state index in [1.807, 2.05) is 31.2 Å². The Morgan fingerprint density at radius 1 is 1.35 bits per heavy atom. The van der Waals surface area contributed by atoms with Crippen LogP contribution < -0.4 is 15.6 Å². The van der Waals surface area contributed by atoms with E-state index < -0.39 is 0 Å². The lowest BCUT2D eigenvalue weighted by Gasteiger charge is -2.08. The Hall–Kier alpha value is -2.50. The molecule has 6 heteroatoms. The van der Waals surface area contributed by atoms with Crippen molar-refractivity contribution < 1.29 is 9.84 Å². The summed E-state index contributed by atoms with van der Waals surface area (Å²) >= 11 is 0. The minimum absolute atomic E-state index is 0.0736. The maximum atomic E-state index is 11.7. The highest BCUT2D eigenvalue weighted by molar-refractivity contribution is 5.50. The molecule has 6 nitrogen and oxygen atoms in total. The number of aromatic nitrogens is 2. The molecule has 0 radical (unpaired) electrons. The van der Waals surface area contributed by atoms with Crippen LogP contribution in [0.4, 0.5) is 5.69 Å².